The van der Waals surface area contributed by atoms with Gasteiger partial charge in [-0.05, 0) is 57.7 Å². The van der Waals surface area contributed by atoms with E-state index in [2.05, 4.69) is 26.2 Å². The monoisotopic (exact) mass is 543 g/mol. The predicted octanol–water partition coefficient (Wildman–Crippen LogP) is 6.58. The van der Waals surface area contributed by atoms with Crippen LogP contribution in [0.5, 0.6) is 0 Å². The van der Waals surface area contributed by atoms with E-state index in [9.17, 15) is 21.6 Å². The number of hydrogen-bond donors (Lipinski definition) is 1. The van der Waals surface area contributed by atoms with Crippen molar-refractivity contribution >= 4 is 43.1 Å². The molecule has 0 aliphatic carbocycles. The van der Waals surface area contributed by atoms with E-state index in [1.807, 2.05) is 13.8 Å². The summed E-state index contributed by atoms with van der Waals surface area (Å²) in [6.07, 6.45) is -4.69. The van der Waals surface area contributed by atoms with Crippen LogP contribution in [0.15, 0.2) is 57.9 Å². The molecule has 4 rings (SSSR count). The van der Waals surface area contributed by atoms with Gasteiger partial charge in [0.2, 0.25) is 0 Å². The zero-order valence-electron chi connectivity index (χ0n) is 17.4. The topological polar surface area (TPSA) is 62.3 Å². The van der Waals surface area contributed by atoms with E-state index in [0.29, 0.717) is 0 Å². The number of rotatable bonds is 3. The summed E-state index contributed by atoms with van der Waals surface area (Å²) in [5.41, 5.74) is -0.395. The number of benzene rings is 2. The molecule has 174 valence electrons. The van der Waals surface area contributed by atoms with Crippen molar-refractivity contribution in [1.29, 1.82) is 0 Å². The van der Waals surface area contributed by atoms with Gasteiger partial charge in [0.25, 0.3) is 10.0 Å². The minimum atomic E-state index is -4.69. The average Bonchev–Trinajstić information content (AvgIpc) is 2.92. The molecule has 33 heavy (non-hydrogen) atoms. The fraction of sp³-hybridized carbons (Fsp3) is 0.227. The first-order chi connectivity index (χ1) is 15.4. The summed E-state index contributed by atoms with van der Waals surface area (Å²) in [6, 6.07) is 10.8. The first kappa shape index (κ1) is 23.5. The largest absolute Gasteiger partial charge is 0.433 e. The highest BCUT2D eigenvalue weighted by atomic mass is 79.9. The SMILES string of the molecule is CC(C)c1ccc(S(=O)(=O)N2Cc3ccc(C(F)(F)F)nc3Nc3ccc(Br)c(F)c32)cc1. The number of fused-ring (bicyclic) bond motifs is 2. The predicted molar refractivity (Wildman–Crippen MR) is 121 cm³/mol. The summed E-state index contributed by atoms with van der Waals surface area (Å²) in [6.45, 7) is 3.51. The molecule has 2 heterocycles. The maximum absolute atomic E-state index is 15.2. The molecule has 2 aromatic carbocycles. The molecule has 0 bridgehead atoms. The lowest BCUT2D eigenvalue weighted by molar-refractivity contribution is -0.141. The Labute approximate surface area is 196 Å². The van der Waals surface area contributed by atoms with Crippen LogP contribution in [0, 0.1) is 5.82 Å². The smallest absolute Gasteiger partial charge is 0.338 e. The summed E-state index contributed by atoms with van der Waals surface area (Å²) in [5, 5.41) is 2.68. The second-order valence-corrected chi connectivity index (χ2v) is 10.5. The molecule has 0 radical (unpaired) electrons. The molecular weight excluding hydrogens is 526 g/mol. The van der Waals surface area contributed by atoms with Crippen LogP contribution in [0.25, 0.3) is 0 Å². The zero-order valence-corrected chi connectivity index (χ0v) is 19.8. The molecular formula is C22H18BrF4N3O2S. The van der Waals surface area contributed by atoms with E-state index < -0.39 is 34.3 Å². The van der Waals surface area contributed by atoms with E-state index in [4.69, 9.17) is 0 Å². The third kappa shape index (κ3) is 4.31. The quantitative estimate of drug-likeness (QED) is 0.379. The Balaban J connectivity index is 1.90. The Morgan fingerprint density at radius 2 is 1.73 bits per heavy atom. The molecule has 1 aliphatic heterocycles. The number of sulfonamides is 1. The molecule has 0 fully saturated rings. The maximum atomic E-state index is 15.2. The van der Waals surface area contributed by atoms with Crippen LogP contribution in [-0.4, -0.2) is 13.4 Å². The second-order valence-electron chi connectivity index (χ2n) is 7.82. The van der Waals surface area contributed by atoms with Crippen LogP contribution in [0.3, 0.4) is 0 Å². The van der Waals surface area contributed by atoms with Crippen LogP contribution < -0.4 is 9.62 Å². The van der Waals surface area contributed by atoms with Crippen molar-refractivity contribution in [2.75, 3.05) is 9.62 Å². The van der Waals surface area contributed by atoms with E-state index in [1.165, 1.54) is 24.3 Å². The van der Waals surface area contributed by atoms with Gasteiger partial charge in [0.15, 0.2) is 5.82 Å². The summed E-state index contributed by atoms with van der Waals surface area (Å²) < 4.78 is 82.8. The Morgan fingerprint density at radius 1 is 1.06 bits per heavy atom. The summed E-state index contributed by atoms with van der Waals surface area (Å²) >= 11 is 3.06. The maximum Gasteiger partial charge on any atom is 0.433 e. The van der Waals surface area contributed by atoms with Crippen LogP contribution in [0.4, 0.5) is 34.8 Å². The molecule has 1 aliphatic rings. The molecule has 0 saturated heterocycles. The van der Waals surface area contributed by atoms with E-state index >= 15 is 4.39 Å². The van der Waals surface area contributed by atoms with Crippen molar-refractivity contribution in [3.63, 3.8) is 0 Å². The van der Waals surface area contributed by atoms with Gasteiger partial charge < -0.3 is 5.32 Å². The number of aromatic nitrogens is 1. The minimum absolute atomic E-state index is 0.00769. The second kappa shape index (κ2) is 8.28. The molecule has 1 N–H and O–H groups in total. The highest BCUT2D eigenvalue weighted by Crippen LogP contribution is 2.43. The molecule has 3 aromatic rings. The van der Waals surface area contributed by atoms with Crippen molar-refractivity contribution in [3.05, 3.63) is 75.6 Å². The average molecular weight is 544 g/mol. The van der Waals surface area contributed by atoms with Gasteiger partial charge in [-0.25, -0.2) is 17.8 Å². The van der Waals surface area contributed by atoms with Crippen molar-refractivity contribution in [3.8, 4) is 0 Å². The van der Waals surface area contributed by atoms with E-state index in [-0.39, 0.29) is 38.0 Å². The molecule has 11 heteroatoms. The number of hydrogen-bond acceptors (Lipinski definition) is 4. The van der Waals surface area contributed by atoms with Gasteiger partial charge in [-0.3, -0.25) is 4.31 Å². The van der Waals surface area contributed by atoms with Gasteiger partial charge in [0, 0.05) is 5.56 Å². The van der Waals surface area contributed by atoms with Gasteiger partial charge in [-0.15, -0.1) is 0 Å². The fourth-order valence-electron chi connectivity index (χ4n) is 3.48. The number of alkyl halides is 3. The van der Waals surface area contributed by atoms with Gasteiger partial charge in [0.05, 0.1) is 21.6 Å². The van der Waals surface area contributed by atoms with Crippen molar-refractivity contribution in [2.24, 2.45) is 0 Å². The highest BCUT2D eigenvalue weighted by Gasteiger charge is 2.36. The van der Waals surface area contributed by atoms with Crippen molar-refractivity contribution < 1.29 is 26.0 Å². The lowest BCUT2D eigenvalue weighted by Crippen LogP contribution is -2.31. The number of nitrogens with one attached hydrogen (secondary N) is 1. The Hall–Kier alpha value is -2.66. The van der Waals surface area contributed by atoms with Gasteiger partial charge in [0.1, 0.15) is 17.2 Å². The standard InChI is InChI=1S/C22H18BrF4N3O2S/c1-12(2)13-3-6-15(7-4-13)33(31,32)30-11-14-5-10-18(22(25,26)27)29-21(14)28-17-9-8-16(23)19(24)20(17)30/h3-10,12H,11H2,1-2H3,(H,28,29). The molecule has 0 atom stereocenters. The molecule has 0 amide bonds. The van der Waals surface area contributed by atoms with Crippen molar-refractivity contribution in [1.82, 2.24) is 4.98 Å². The highest BCUT2D eigenvalue weighted by molar-refractivity contribution is 9.10. The zero-order chi connectivity index (χ0) is 24.1. The molecule has 5 nitrogen and oxygen atoms in total. The lowest BCUT2D eigenvalue weighted by atomic mass is 10.0. The molecule has 0 saturated carbocycles. The number of nitrogens with zero attached hydrogens (tertiary/aromatic N) is 2. The number of halogens is 5. The van der Waals surface area contributed by atoms with E-state index in [1.54, 1.807) is 12.1 Å². The van der Waals surface area contributed by atoms with Crippen molar-refractivity contribution in [2.45, 2.75) is 37.4 Å². The van der Waals surface area contributed by atoms with Gasteiger partial charge in [-0.1, -0.05) is 32.0 Å². The van der Waals surface area contributed by atoms with Gasteiger partial charge in [-0.2, -0.15) is 13.2 Å². The molecule has 0 spiro atoms. The third-order valence-electron chi connectivity index (χ3n) is 5.29. The minimum Gasteiger partial charge on any atom is -0.338 e. The summed E-state index contributed by atoms with van der Waals surface area (Å²) in [7, 11) is -4.28. The van der Waals surface area contributed by atoms with Crippen LogP contribution in [0.2, 0.25) is 0 Å². The normalized spacial score (nSPS) is 13.9. The van der Waals surface area contributed by atoms with Crippen LogP contribution in [0.1, 0.15) is 36.6 Å². The fourth-order valence-corrected chi connectivity index (χ4v) is 5.27. The lowest BCUT2D eigenvalue weighted by Gasteiger charge is -2.25. The van der Waals surface area contributed by atoms with Gasteiger partial charge >= 0.3 is 6.18 Å². The summed E-state index contributed by atoms with van der Waals surface area (Å²) in [5.74, 6) is -0.883. The first-order valence-corrected chi connectivity index (χ1v) is 12.1. The summed E-state index contributed by atoms with van der Waals surface area (Å²) in [4.78, 5) is 3.56. The molecule has 1 aromatic heterocycles. The van der Waals surface area contributed by atoms with Crippen LogP contribution in [-0.2, 0) is 22.7 Å². The first-order valence-electron chi connectivity index (χ1n) is 9.84. The Kier molecular flexibility index (Phi) is 5.90. The number of anilines is 3. The Morgan fingerprint density at radius 3 is 2.33 bits per heavy atom. The number of pyridine rings is 1. The third-order valence-corrected chi connectivity index (χ3v) is 7.66. The molecule has 0 unspecified atom stereocenters. The van der Waals surface area contributed by atoms with Crippen LogP contribution >= 0.6 is 15.9 Å². The Bertz CT molecular complexity index is 1330. The van der Waals surface area contributed by atoms with E-state index in [0.717, 1.165) is 22.0 Å².